The molecule has 0 aromatic carbocycles. The van der Waals surface area contributed by atoms with Gasteiger partial charge in [0.2, 0.25) is 0 Å². The van der Waals surface area contributed by atoms with Crippen LogP contribution < -0.4 is 0 Å². The van der Waals surface area contributed by atoms with Gasteiger partial charge >= 0.3 is 33.6 Å². The van der Waals surface area contributed by atoms with Crippen molar-refractivity contribution < 1.29 is 0 Å². The molecule has 6 heteroatoms. The van der Waals surface area contributed by atoms with Gasteiger partial charge in [-0.2, -0.15) is 22.2 Å². The molecule has 0 aromatic heterocycles. The van der Waals surface area contributed by atoms with Crippen LogP contribution in [0.1, 0.15) is 0 Å². The number of halogens is 4. The Morgan fingerprint density at radius 1 is 1.17 bits per heavy atom. The van der Waals surface area contributed by atoms with Crippen molar-refractivity contribution in [3.05, 3.63) is 0 Å². The summed E-state index contributed by atoms with van der Waals surface area (Å²) in [6.45, 7) is 0. The average Bonchev–Trinajstić information content (AvgIpc) is 1.39. The summed E-state index contributed by atoms with van der Waals surface area (Å²) >= 11 is 8.95. The van der Waals surface area contributed by atoms with Crippen LogP contribution in [0.5, 0.6) is 0 Å². The van der Waals surface area contributed by atoms with Gasteiger partial charge in [-0.1, -0.05) is 0 Å². The van der Waals surface area contributed by atoms with E-state index >= 15 is 0 Å². The summed E-state index contributed by atoms with van der Waals surface area (Å²) in [6, 6.07) is 0. The van der Waals surface area contributed by atoms with Crippen molar-refractivity contribution in [1.29, 1.82) is 0 Å². The third kappa shape index (κ3) is 38.9. The molecule has 0 aliphatic rings. The first-order valence-electron chi connectivity index (χ1n) is 0.873. The minimum absolute atomic E-state index is 0.306. The van der Waals surface area contributed by atoms with Crippen LogP contribution in [0.25, 0.3) is 0 Å². The van der Waals surface area contributed by atoms with E-state index in [4.69, 9.17) is 42.2 Å². The summed E-state index contributed by atoms with van der Waals surface area (Å²) in [5.74, 6) is 0. The van der Waals surface area contributed by atoms with E-state index < -0.39 is 13.6 Å². The molecule has 0 saturated carbocycles. The molecule has 0 rings (SSSR count). The zero-order valence-corrected chi connectivity index (χ0v) is 9.27. The summed E-state index contributed by atoms with van der Waals surface area (Å²) in [7, 11) is 9.53. The maximum atomic E-state index is 4.92. The SMILES string of the molecule is Cl[SiH]Cl.[Cl][GeH][Cl]. The predicted molar refractivity (Wildman–Crippen MR) is 37.7 cm³/mol. The molecule has 2 radical (unpaired) electrons. The van der Waals surface area contributed by atoms with E-state index in [1.165, 1.54) is 0 Å². The van der Waals surface area contributed by atoms with Gasteiger partial charge in [-0.05, 0) is 0 Å². The van der Waals surface area contributed by atoms with E-state index in [0.29, 0.717) is 0 Å². The molecular formula is H2Cl4GeSi. The van der Waals surface area contributed by atoms with E-state index in [2.05, 4.69) is 0 Å². The molecule has 0 heterocycles. The van der Waals surface area contributed by atoms with Crippen LogP contribution in [-0.2, 0) is 0 Å². The molecule has 38 valence electrons. The van der Waals surface area contributed by atoms with E-state index in [1.54, 1.807) is 0 Å². The van der Waals surface area contributed by atoms with Crippen molar-refractivity contribution in [2.45, 2.75) is 0 Å². The van der Waals surface area contributed by atoms with Crippen LogP contribution in [-0.4, -0.2) is 21.7 Å². The first-order chi connectivity index (χ1) is 2.83. The van der Waals surface area contributed by atoms with Gasteiger partial charge in [0.05, 0.1) is 0 Å². The Kier molecular flexibility index (Phi) is 28.5. The third-order valence-electron chi connectivity index (χ3n) is 0. The van der Waals surface area contributed by atoms with E-state index in [1.807, 2.05) is 0 Å². The van der Waals surface area contributed by atoms with Crippen LogP contribution in [0.4, 0.5) is 0 Å². The first-order valence-corrected chi connectivity index (χ1v) is 10.7. The van der Waals surface area contributed by atoms with Gasteiger partial charge in [-0.25, -0.2) is 0 Å². The molecule has 0 nitrogen and oxygen atoms in total. The third-order valence-corrected chi connectivity index (χ3v) is 0. The maximum absolute atomic E-state index is 4.92. The van der Waals surface area contributed by atoms with Crippen LogP contribution >= 0.6 is 42.2 Å². The number of hydrogen-bond donors (Lipinski definition) is 0. The molecule has 0 aliphatic heterocycles. The monoisotopic (exact) mass is 244 g/mol. The van der Waals surface area contributed by atoms with Crippen molar-refractivity contribution in [3.8, 4) is 0 Å². The van der Waals surface area contributed by atoms with Crippen LogP contribution in [0.2, 0.25) is 0 Å². The fraction of sp³-hybridized carbons (Fsp3) is 0. The number of hydrogen-bond acceptors (Lipinski definition) is 0. The van der Waals surface area contributed by atoms with Crippen LogP contribution in [0.15, 0.2) is 0 Å². The number of rotatable bonds is 0. The second-order valence-electron chi connectivity index (χ2n) is 0.165. The minimum atomic E-state index is -0.743. The average molecular weight is 245 g/mol. The molecule has 0 amide bonds. The zero-order valence-electron chi connectivity index (χ0n) is 2.67. The summed E-state index contributed by atoms with van der Waals surface area (Å²) in [5.41, 5.74) is 0. The standard InChI is InChI=1S/Cl2GeH.Cl2HSi/c2*1-3-2/h2*3H. The van der Waals surface area contributed by atoms with Crippen molar-refractivity contribution in [2.24, 2.45) is 0 Å². The van der Waals surface area contributed by atoms with Crippen LogP contribution in [0.3, 0.4) is 0 Å². The van der Waals surface area contributed by atoms with Gasteiger partial charge in [0.25, 0.3) is 8.14 Å². The molecule has 0 saturated heterocycles. The molecule has 0 aromatic rings. The molecule has 0 atom stereocenters. The molecule has 0 unspecified atom stereocenters. The molecule has 0 bridgehead atoms. The van der Waals surface area contributed by atoms with Gasteiger partial charge < -0.3 is 0 Å². The topological polar surface area (TPSA) is 0 Å². The van der Waals surface area contributed by atoms with Crippen LogP contribution in [0, 0.1) is 0 Å². The Morgan fingerprint density at radius 2 is 1.17 bits per heavy atom. The van der Waals surface area contributed by atoms with Gasteiger partial charge in [0.15, 0.2) is 0 Å². The van der Waals surface area contributed by atoms with Crippen molar-refractivity contribution >= 4 is 63.9 Å². The second kappa shape index (κ2) is 15.8. The molecule has 0 N–H and O–H groups in total. The normalized spacial score (nSPS) is 6.00. The molecular weight excluding hydrogens is 243 g/mol. The Hall–Kier alpha value is 1.92. The van der Waals surface area contributed by atoms with Gasteiger partial charge in [-0.15, -0.1) is 0 Å². The van der Waals surface area contributed by atoms with Crippen molar-refractivity contribution in [1.82, 2.24) is 0 Å². The molecule has 0 aliphatic carbocycles. The van der Waals surface area contributed by atoms with E-state index in [0.717, 1.165) is 0 Å². The predicted octanol–water partition coefficient (Wildman–Crippen LogP) is 1.46. The van der Waals surface area contributed by atoms with Gasteiger partial charge in [0, 0.05) is 0 Å². The molecule has 6 heavy (non-hydrogen) atoms. The van der Waals surface area contributed by atoms with Gasteiger partial charge in [0.1, 0.15) is 0 Å². The summed E-state index contributed by atoms with van der Waals surface area (Å²) in [4.78, 5) is 0. The first kappa shape index (κ1) is 10.8. The van der Waals surface area contributed by atoms with E-state index in [9.17, 15) is 0 Å². The van der Waals surface area contributed by atoms with Crippen molar-refractivity contribution in [3.63, 3.8) is 0 Å². The fourth-order valence-electron chi connectivity index (χ4n) is 0. The Labute approximate surface area is 63.6 Å². The summed E-state index contributed by atoms with van der Waals surface area (Å²) < 4.78 is 0. The Bertz CT molecular complexity index is 9.51. The van der Waals surface area contributed by atoms with Gasteiger partial charge in [-0.3, -0.25) is 0 Å². The molecule has 0 spiro atoms. The zero-order chi connectivity index (χ0) is 5.41. The summed E-state index contributed by atoms with van der Waals surface area (Å²) in [5, 5.41) is 0. The van der Waals surface area contributed by atoms with Crippen molar-refractivity contribution in [2.75, 3.05) is 0 Å². The second-order valence-corrected chi connectivity index (χ2v) is 6.08. The Morgan fingerprint density at radius 3 is 1.17 bits per heavy atom. The van der Waals surface area contributed by atoms with E-state index in [-0.39, 0.29) is 8.14 Å². The quantitative estimate of drug-likeness (QED) is 0.447. The fourth-order valence-corrected chi connectivity index (χ4v) is 0. The molecule has 0 fully saturated rings. The summed E-state index contributed by atoms with van der Waals surface area (Å²) in [6.07, 6.45) is 0. The Balaban J connectivity index is 0.